The number of rotatable bonds is 11. The van der Waals surface area contributed by atoms with Gasteiger partial charge in [-0.2, -0.15) is 0 Å². The number of thioether (sulfide) groups is 2. The largest absolute Gasteiger partial charge is 0.504 e. The van der Waals surface area contributed by atoms with Crippen molar-refractivity contribution in [1.29, 1.82) is 0 Å². The molecule has 0 spiro atoms. The highest BCUT2D eigenvalue weighted by atomic mass is 32.2. The summed E-state index contributed by atoms with van der Waals surface area (Å²) in [6.07, 6.45) is 0.188. The fourth-order valence-corrected chi connectivity index (χ4v) is 8.31. The van der Waals surface area contributed by atoms with Crippen LogP contribution in [0.15, 0.2) is 43.7 Å². The minimum absolute atomic E-state index is 0.146. The molecule has 1 saturated heterocycles. The number of phenolic OH excluding ortho intramolecular Hbond substituents is 1. The van der Waals surface area contributed by atoms with Crippen LogP contribution >= 0.6 is 46.2 Å². The van der Waals surface area contributed by atoms with E-state index in [-0.39, 0.29) is 34.4 Å². The summed E-state index contributed by atoms with van der Waals surface area (Å²) in [7, 11) is 1.25. The highest BCUT2D eigenvalue weighted by Gasteiger charge is 2.54. The lowest BCUT2D eigenvalue weighted by Crippen LogP contribution is -2.71. The number of oxime groups is 1. The van der Waals surface area contributed by atoms with Crippen molar-refractivity contribution in [2.24, 2.45) is 5.16 Å². The molecule has 0 bridgehead atoms. The van der Waals surface area contributed by atoms with Gasteiger partial charge >= 0.3 is 11.9 Å². The van der Waals surface area contributed by atoms with Crippen molar-refractivity contribution in [3.8, 4) is 11.5 Å². The van der Waals surface area contributed by atoms with Gasteiger partial charge in [-0.05, 0) is 23.3 Å². The molecule has 2 aliphatic heterocycles. The lowest BCUT2D eigenvalue weighted by atomic mass is 10.0. The number of aliphatic carboxylic acids is 1. The number of nitrogen functional groups attached to an aromatic ring is 1. The summed E-state index contributed by atoms with van der Waals surface area (Å²) in [5.74, 6) is -4.71. The number of β-lactam (4-membered cyclic amide) rings is 1. The Hall–Kier alpha value is -4.33. The van der Waals surface area contributed by atoms with E-state index in [2.05, 4.69) is 20.4 Å². The van der Waals surface area contributed by atoms with Gasteiger partial charge in [0.1, 0.15) is 39.8 Å². The number of benzene rings is 1. The van der Waals surface area contributed by atoms with Crippen LogP contribution in [0.2, 0.25) is 0 Å². The summed E-state index contributed by atoms with van der Waals surface area (Å²) in [6, 6.07) is 1.52. The van der Waals surface area contributed by atoms with Crippen LogP contribution in [0.3, 0.4) is 0 Å². The first-order valence-electron chi connectivity index (χ1n) is 12.4. The maximum absolute atomic E-state index is 13.1. The van der Waals surface area contributed by atoms with Crippen LogP contribution in [0.5, 0.6) is 11.5 Å². The molecule has 19 heteroatoms. The molecule has 2 aromatic heterocycles. The number of amides is 2. The van der Waals surface area contributed by atoms with Crippen molar-refractivity contribution in [3.05, 3.63) is 56.7 Å². The van der Waals surface area contributed by atoms with Gasteiger partial charge in [-0.3, -0.25) is 14.5 Å². The zero-order valence-corrected chi connectivity index (χ0v) is 25.7. The number of nitrogens with zero attached hydrogens (tertiary/aromatic N) is 4. The topological polar surface area (TPSA) is 238 Å². The van der Waals surface area contributed by atoms with E-state index >= 15 is 0 Å². The van der Waals surface area contributed by atoms with Crippen LogP contribution in [0.1, 0.15) is 27.3 Å². The van der Waals surface area contributed by atoms with Gasteiger partial charge in [0.25, 0.3) is 11.8 Å². The molecule has 4 heterocycles. The highest BCUT2D eigenvalue weighted by molar-refractivity contribution is 8.01. The van der Waals surface area contributed by atoms with Gasteiger partial charge in [-0.15, -0.1) is 34.4 Å². The molecule has 44 heavy (non-hydrogen) atoms. The molecular formula is C25H22N6O9S4. The summed E-state index contributed by atoms with van der Waals surface area (Å²) in [4.78, 5) is 64.0. The standard InChI is InChI=1S/C25H22N6O9S4/c1-40-30-15(13-8-42-24(26)28-13)19(34)29-16-20(35)31-17(23(38)39)10(5-41-21(16)31)6-43-25-27-11(7-44-25)2-9-3-12(22(36)37)18(33)14(32)4-9/h3-4,7-8,16,21,32-33H,2,5-6H2,1H3,(H2,26,28)(H,29,34)(H,36,37)(H,38,39)/t16-,21+/m1/s1. The summed E-state index contributed by atoms with van der Waals surface area (Å²) < 4.78 is 0.610. The molecule has 0 radical (unpaired) electrons. The number of fused-ring (bicyclic) bond motifs is 1. The van der Waals surface area contributed by atoms with Crippen molar-refractivity contribution in [3.63, 3.8) is 0 Å². The number of hydrogen-bond acceptors (Lipinski definition) is 15. The van der Waals surface area contributed by atoms with Gasteiger partial charge in [-0.25, -0.2) is 19.6 Å². The molecule has 2 atom stereocenters. The number of phenols is 2. The summed E-state index contributed by atoms with van der Waals surface area (Å²) in [5, 5.41) is 48.0. The van der Waals surface area contributed by atoms with E-state index in [4.69, 9.17) is 10.6 Å². The number of nitrogens with one attached hydrogen (secondary N) is 1. The van der Waals surface area contributed by atoms with Crippen LogP contribution in [-0.4, -0.2) is 94.8 Å². The number of aromatic carboxylic acids is 1. The molecule has 0 saturated carbocycles. The smallest absolute Gasteiger partial charge is 0.352 e. The van der Waals surface area contributed by atoms with Crippen LogP contribution in [0.4, 0.5) is 5.13 Å². The highest BCUT2D eigenvalue weighted by Crippen LogP contribution is 2.42. The third kappa shape index (κ3) is 6.16. The number of carbonyl (C=O) groups is 4. The van der Waals surface area contributed by atoms with Gasteiger partial charge < -0.3 is 36.3 Å². The zero-order chi connectivity index (χ0) is 31.7. The molecule has 1 aromatic carbocycles. The van der Waals surface area contributed by atoms with E-state index in [1.807, 2.05) is 0 Å². The Balaban J connectivity index is 1.25. The van der Waals surface area contributed by atoms with Gasteiger partial charge in [-0.1, -0.05) is 16.9 Å². The zero-order valence-electron chi connectivity index (χ0n) is 22.4. The van der Waals surface area contributed by atoms with Crippen LogP contribution in [0, 0.1) is 0 Å². The minimum Gasteiger partial charge on any atom is -0.504 e. The molecule has 3 aromatic rings. The molecule has 7 N–H and O–H groups in total. The summed E-state index contributed by atoms with van der Waals surface area (Å²) in [5.41, 5.74) is 6.59. The summed E-state index contributed by atoms with van der Waals surface area (Å²) >= 11 is 4.99. The predicted octanol–water partition coefficient (Wildman–Crippen LogP) is 1.76. The van der Waals surface area contributed by atoms with Crippen LogP contribution < -0.4 is 11.1 Å². The first-order valence-corrected chi connectivity index (χ1v) is 16.2. The van der Waals surface area contributed by atoms with E-state index in [0.717, 1.165) is 16.2 Å². The second kappa shape index (κ2) is 12.7. The average Bonchev–Trinajstić information content (AvgIpc) is 3.62. The Bertz CT molecular complexity index is 1740. The number of anilines is 1. The quantitative estimate of drug-likeness (QED) is 0.0557. The van der Waals surface area contributed by atoms with Crippen molar-refractivity contribution >= 4 is 80.8 Å². The molecular weight excluding hydrogens is 657 g/mol. The Morgan fingerprint density at radius 3 is 2.61 bits per heavy atom. The number of nitrogens with two attached hydrogens (primary N) is 1. The SMILES string of the molecule is CON=C(C(=O)N[C@@H]1C(=O)N2C(C(=O)O)=C(CSc3nc(Cc4cc(O)c(O)c(C(=O)O)c4)cs3)CS[C@@H]12)c1csc(N)n1. The Labute approximate surface area is 264 Å². The second-order valence-corrected chi connectivity index (χ2v) is 13.3. The maximum atomic E-state index is 13.1. The first-order chi connectivity index (χ1) is 21.0. The molecule has 230 valence electrons. The predicted molar refractivity (Wildman–Crippen MR) is 162 cm³/mol. The fraction of sp³-hybridized carbons (Fsp3) is 0.240. The number of aromatic nitrogens is 2. The lowest BCUT2D eigenvalue weighted by molar-refractivity contribution is -0.150. The van der Waals surface area contributed by atoms with Gasteiger partial charge in [0.15, 0.2) is 22.3 Å². The van der Waals surface area contributed by atoms with Crippen LogP contribution in [-0.2, 0) is 25.6 Å². The molecule has 2 amide bonds. The second-order valence-electron chi connectivity index (χ2n) is 9.20. The third-order valence-corrected chi connectivity index (χ3v) is 10.5. The van der Waals surface area contributed by atoms with Gasteiger partial charge in [0, 0.05) is 28.7 Å². The summed E-state index contributed by atoms with van der Waals surface area (Å²) in [6.45, 7) is 0. The number of aromatic hydroxyl groups is 2. The monoisotopic (exact) mass is 678 g/mol. The minimum atomic E-state index is -1.38. The average molecular weight is 679 g/mol. The van der Waals surface area contributed by atoms with Gasteiger partial charge in [0.2, 0.25) is 0 Å². The van der Waals surface area contributed by atoms with Crippen molar-refractivity contribution < 1.29 is 44.4 Å². The van der Waals surface area contributed by atoms with E-state index in [1.54, 1.807) is 5.38 Å². The maximum Gasteiger partial charge on any atom is 0.352 e. The lowest BCUT2D eigenvalue weighted by Gasteiger charge is -2.49. The molecule has 0 aliphatic carbocycles. The Morgan fingerprint density at radius 1 is 1.18 bits per heavy atom. The molecule has 15 nitrogen and oxygen atoms in total. The van der Waals surface area contributed by atoms with E-state index < -0.39 is 52.2 Å². The Kier molecular flexibility index (Phi) is 9.00. The number of thiazole rings is 2. The van der Waals surface area contributed by atoms with Crippen LogP contribution in [0.25, 0.3) is 0 Å². The van der Waals surface area contributed by atoms with Crippen molar-refractivity contribution in [1.82, 2.24) is 20.2 Å². The molecule has 5 rings (SSSR count). The molecule has 2 aliphatic rings. The number of carboxylic acids is 2. The first kappa shape index (κ1) is 31.1. The number of hydrogen-bond donors (Lipinski definition) is 6. The molecule has 0 unspecified atom stereocenters. The number of carboxylic acid groups (broad SMARTS) is 2. The van der Waals surface area contributed by atoms with E-state index in [1.165, 1.54) is 59.5 Å². The fourth-order valence-electron chi connectivity index (χ4n) is 4.43. The number of carbonyl (C=O) groups excluding carboxylic acids is 2. The van der Waals surface area contributed by atoms with Crippen molar-refractivity contribution in [2.45, 2.75) is 22.2 Å². The normalized spacial score (nSPS) is 18.1. The third-order valence-electron chi connectivity index (χ3n) is 6.36. The molecule has 1 fully saturated rings. The van der Waals surface area contributed by atoms with E-state index in [9.17, 15) is 39.6 Å². The van der Waals surface area contributed by atoms with E-state index in [0.29, 0.717) is 26.9 Å². The van der Waals surface area contributed by atoms with Crippen molar-refractivity contribution in [2.75, 3.05) is 24.3 Å². The Morgan fingerprint density at radius 2 is 1.95 bits per heavy atom. The van der Waals surface area contributed by atoms with Gasteiger partial charge in [0.05, 0.1) is 5.69 Å².